The molecule has 2 heteroatoms. The number of benzene rings is 3. The van der Waals surface area contributed by atoms with Gasteiger partial charge in [0.05, 0.1) is 0 Å². The van der Waals surface area contributed by atoms with Gasteiger partial charge < -0.3 is 3.88 Å². The molecule has 0 aliphatic rings. The summed E-state index contributed by atoms with van der Waals surface area (Å²) in [6.07, 6.45) is 0. The molecule has 0 saturated heterocycles. The van der Waals surface area contributed by atoms with Crippen molar-refractivity contribution < 1.29 is 0 Å². The van der Waals surface area contributed by atoms with Gasteiger partial charge in [-0.1, -0.05) is 105 Å². The number of anilines is 2. The first-order valence-corrected chi connectivity index (χ1v) is 12.0. The second kappa shape index (κ2) is 8.76. The minimum atomic E-state index is -1.19. The van der Waals surface area contributed by atoms with Gasteiger partial charge in [-0.25, -0.2) is 0 Å². The second-order valence-corrected chi connectivity index (χ2v) is 10.9. The van der Waals surface area contributed by atoms with Crippen LogP contribution in [0.3, 0.4) is 0 Å². The molecule has 0 fully saturated rings. The van der Waals surface area contributed by atoms with Crippen LogP contribution in [0.15, 0.2) is 72.8 Å². The second-order valence-electron chi connectivity index (χ2n) is 8.12. The van der Waals surface area contributed by atoms with Crippen LogP contribution < -0.4 is 3.88 Å². The van der Waals surface area contributed by atoms with Crippen molar-refractivity contribution in [2.24, 2.45) is 11.8 Å². The summed E-state index contributed by atoms with van der Waals surface area (Å²) in [6.45, 7) is 9.47. The predicted molar refractivity (Wildman–Crippen MR) is 118 cm³/mol. The van der Waals surface area contributed by atoms with Crippen LogP contribution >= 0.6 is 0 Å². The van der Waals surface area contributed by atoms with Crippen LogP contribution in [0.5, 0.6) is 0 Å². The molecule has 0 N–H and O–H groups in total. The Morgan fingerprint density at radius 1 is 0.692 bits per heavy atom. The molecule has 0 amide bonds. The summed E-state index contributed by atoms with van der Waals surface area (Å²) in [6, 6.07) is 26.6. The Hall–Kier alpha value is -1.75. The Labute approximate surface area is 163 Å². The molecular formula is C24H30AlN. The van der Waals surface area contributed by atoms with E-state index in [4.69, 9.17) is 0 Å². The Morgan fingerprint density at radius 3 is 1.92 bits per heavy atom. The van der Waals surface area contributed by atoms with Crippen molar-refractivity contribution in [3.8, 4) is 0 Å². The zero-order valence-corrected chi connectivity index (χ0v) is 17.7. The first-order chi connectivity index (χ1) is 12.6. The molecule has 3 rings (SSSR count). The standard InChI is InChI=1S/C16H12N.2C4H9.Al/c1-2-9-14(10-3-1)17-16-12-6-8-13-7-4-5-11-15(13)16;2*1-4(2)3;/h1-12H;2*4H,1H2,2-3H3;/q-1;;;+1. The van der Waals surface area contributed by atoms with E-state index in [9.17, 15) is 0 Å². The fourth-order valence-electron chi connectivity index (χ4n) is 3.95. The quantitative estimate of drug-likeness (QED) is 0.401. The van der Waals surface area contributed by atoms with Crippen LogP contribution in [0.1, 0.15) is 27.7 Å². The van der Waals surface area contributed by atoms with Crippen LogP contribution in [-0.2, 0) is 0 Å². The van der Waals surface area contributed by atoms with Crippen LogP contribution in [0.25, 0.3) is 10.8 Å². The molecule has 134 valence electrons. The van der Waals surface area contributed by atoms with Crippen LogP contribution in [0, 0.1) is 11.8 Å². The van der Waals surface area contributed by atoms with E-state index in [2.05, 4.69) is 104 Å². The van der Waals surface area contributed by atoms with Crippen molar-refractivity contribution in [2.45, 2.75) is 38.3 Å². The highest BCUT2D eigenvalue weighted by molar-refractivity contribution is 6.65. The highest BCUT2D eigenvalue weighted by atomic mass is 27.2. The normalized spacial score (nSPS) is 11.3. The number of hydrogen-bond acceptors (Lipinski definition) is 1. The van der Waals surface area contributed by atoms with E-state index in [1.54, 1.807) is 0 Å². The van der Waals surface area contributed by atoms with Crippen LogP contribution in [0.2, 0.25) is 10.6 Å². The third-order valence-corrected chi connectivity index (χ3v) is 9.19. The van der Waals surface area contributed by atoms with Gasteiger partial charge in [0.15, 0.2) is 0 Å². The highest BCUT2D eigenvalue weighted by Gasteiger charge is 2.31. The van der Waals surface area contributed by atoms with Gasteiger partial charge in [-0.05, 0) is 23.6 Å². The molecule has 0 radical (unpaired) electrons. The molecule has 3 aromatic carbocycles. The molecule has 0 spiro atoms. The van der Waals surface area contributed by atoms with E-state index in [0.29, 0.717) is 0 Å². The number of hydrogen-bond donors (Lipinski definition) is 0. The Bertz CT molecular complexity index is 810. The fraction of sp³-hybridized carbons (Fsp3) is 0.333. The van der Waals surface area contributed by atoms with Gasteiger partial charge in [0, 0.05) is 16.8 Å². The molecule has 1 nitrogen and oxygen atoms in total. The minimum absolute atomic E-state index is 0.728. The summed E-state index contributed by atoms with van der Waals surface area (Å²) in [4.78, 5) is 0. The number of rotatable bonds is 7. The number of nitrogens with zero attached hydrogens (tertiary/aromatic N) is 1. The van der Waals surface area contributed by atoms with Crippen LogP contribution in [0.4, 0.5) is 11.4 Å². The van der Waals surface area contributed by atoms with Gasteiger partial charge >= 0.3 is 14.4 Å². The van der Waals surface area contributed by atoms with Crippen molar-refractivity contribution in [3.05, 3.63) is 72.8 Å². The molecule has 0 bridgehead atoms. The van der Waals surface area contributed by atoms with Crippen molar-refractivity contribution >= 4 is 36.5 Å². The third kappa shape index (κ3) is 4.50. The molecule has 0 aliphatic carbocycles. The average Bonchev–Trinajstić information content (AvgIpc) is 2.62. The molecule has 3 aromatic rings. The van der Waals surface area contributed by atoms with Gasteiger partial charge in [-0.2, -0.15) is 0 Å². The van der Waals surface area contributed by atoms with E-state index >= 15 is 0 Å². The SMILES string of the molecule is CC(C)[CH2][Al]([CH2]C(C)C)[N](c1ccccc1)c1cccc2ccccc12. The van der Waals surface area contributed by atoms with Crippen molar-refractivity contribution in [1.82, 2.24) is 0 Å². The lowest BCUT2D eigenvalue weighted by Crippen LogP contribution is -2.37. The smallest absolute Gasteiger partial charge is 0.419 e. The molecule has 0 aliphatic heterocycles. The van der Waals surface area contributed by atoms with Gasteiger partial charge in [0.25, 0.3) is 0 Å². The van der Waals surface area contributed by atoms with Gasteiger partial charge in [0.1, 0.15) is 0 Å². The fourth-order valence-corrected chi connectivity index (χ4v) is 7.95. The summed E-state index contributed by atoms with van der Waals surface area (Å²) in [5.74, 6) is 1.46. The maximum Gasteiger partial charge on any atom is 0.419 e. The van der Waals surface area contributed by atoms with E-state index in [1.807, 2.05) is 0 Å². The van der Waals surface area contributed by atoms with Gasteiger partial charge in [-0.3, -0.25) is 0 Å². The lowest BCUT2D eigenvalue weighted by Gasteiger charge is -2.34. The van der Waals surface area contributed by atoms with Crippen molar-refractivity contribution in [1.29, 1.82) is 0 Å². The summed E-state index contributed by atoms with van der Waals surface area (Å²) in [5.41, 5.74) is 2.73. The van der Waals surface area contributed by atoms with E-state index in [0.717, 1.165) is 11.8 Å². The average molecular weight is 359 g/mol. The molecule has 0 saturated carbocycles. The monoisotopic (exact) mass is 359 g/mol. The Balaban J connectivity index is 2.16. The molecule has 0 aromatic heterocycles. The van der Waals surface area contributed by atoms with E-state index in [-0.39, 0.29) is 0 Å². The molecule has 0 heterocycles. The highest BCUT2D eigenvalue weighted by Crippen LogP contribution is 2.36. The molecular weight excluding hydrogens is 329 g/mol. The maximum atomic E-state index is 2.72. The number of fused-ring (bicyclic) bond motifs is 1. The zero-order chi connectivity index (χ0) is 18.5. The van der Waals surface area contributed by atoms with E-state index < -0.39 is 14.4 Å². The first kappa shape index (κ1) is 19.0. The summed E-state index contributed by atoms with van der Waals surface area (Å²) < 4.78 is 2.72. The van der Waals surface area contributed by atoms with E-state index in [1.165, 1.54) is 32.7 Å². The Kier molecular flexibility index (Phi) is 6.41. The zero-order valence-electron chi connectivity index (χ0n) is 16.5. The largest absolute Gasteiger partial charge is 0.433 e. The minimum Gasteiger partial charge on any atom is -0.433 e. The maximum absolute atomic E-state index is 2.72. The number of para-hydroxylation sites is 1. The molecule has 0 atom stereocenters. The predicted octanol–water partition coefficient (Wildman–Crippen LogP) is 7.28. The van der Waals surface area contributed by atoms with Gasteiger partial charge in [-0.15, -0.1) is 0 Å². The lowest BCUT2D eigenvalue weighted by molar-refractivity contribution is 0.688. The third-order valence-electron chi connectivity index (χ3n) is 4.91. The van der Waals surface area contributed by atoms with Crippen molar-refractivity contribution in [2.75, 3.05) is 3.88 Å². The summed E-state index contributed by atoms with van der Waals surface area (Å²) in [5, 5.41) is 5.35. The molecule has 26 heavy (non-hydrogen) atoms. The summed E-state index contributed by atoms with van der Waals surface area (Å²) in [7, 11) is 0. The molecule has 0 unspecified atom stereocenters. The lowest BCUT2D eigenvalue weighted by atomic mass is 10.1. The Morgan fingerprint density at radius 2 is 1.27 bits per heavy atom. The van der Waals surface area contributed by atoms with Gasteiger partial charge in [0.2, 0.25) is 0 Å². The summed E-state index contributed by atoms with van der Waals surface area (Å²) >= 11 is -1.19. The van der Waals surface area contributed by atoms with Crippen molar-refractivity contribution in [3.63, 3.8) is 0 Å². The first-order valence-electron chi connectivity index (χ1n) is 9.88. The van der Waals surface area contributed by atoms with Crippen LogP contribution in [-0.4, -0.2) is 14.4 Å². The topological polar surface area (TPSA) is 3.24 Å².